The number of nitrogens with one attached hydrogen (secondary N) is 1. The van der Waals surface area contributed by atoms with Crippen molar-refractivity contribution >= 4 is 17.5 Å². The average molecular weight is 399 g/mol. The Hall–Kier alpha value is -2.96. The van der Waals surface area contributed by atoms with Crippen LogP contribution in [0.1, 0.15) is 31.3 Å². The van der Waals surface area contributed by atoms with Crippen LogP contribution in [-0.4, -0.2) is 55.5 Å². The number of hydrogen-bond donors (Lipinski definition) is 1. The van der Waals surface area contributed by atoms with Crippen molar-refractivity contribution in [1.82, 2.24) is 10.2 Å². The second kappa shape index (κ2) is 9.49. The zero-order valence-electron chi connectivity index (χ0n) is 17.3. The minimum absolute atomic E-state index is 0.0295. The first-order chi connectivity index (χ1) is 14.0. The predicted octanol–water partition coefficient (Wildman–Crippen LogP) is 2.78. The van der Waals surface area contributed by atoms with Gasteiger partial charge in [-0.3, -0.25) is 9.59 Å². The average Bonchev–Trinajstić information content (AvgIpc) is 3.27. The van der Waals surface area contributed by atoms with Gasteiger partial charge in [-0.25, -0.2) is 0 Å². The molecule has 2 heterocycles. The maximum absolute atomic E-state index is 13.1. The summed E-state index contributed by atoms with van der Waals surface area (Å²) < 4.78 is 10.9. The molecule has 156 valence electrons. The van der Waals surface area contributed by atoms with Crippen LogP contribution in [0.2, 0.25) is 0 Å². The van der Waals surface area contributed by atoms with Gasteiger partial charge in [-0.2, -0.15) is 0 Å². The number of carbonyl (C=O) groups is 2. The molecule has 7 heteroatoms. The highest BCUT2D eigenvalue weighted by molar-refractivity contribution is 5.95. The lowest BCUT2D eigenvalue weighted by Gasteiger charge is -2.38. The summed E-state index contributed by atoms with van der Waals surface area (Å²) in [5.74, 6) is 0.614. The SMILES string of the molecule is CCOc1ccccc1N1CCN(C(=O)C(NC(=O)c2ccco2)C(C)C)CC1. The Morgan fingerprint density at radius 1 is 1.10 bits per heavy atom. The van der Waals surface area contributed by atoms with Crippen molar-refractivity contribution in [2.45, 2.75) is 26.8 Å². The summed E-state index contributed by atoms with van der Waals surface area (Å²) in [4.78, 5) is 29.5. The van der Waals surface area contributed by atoms with Crippen molar-refractivity contribution in [1.29, 1.82) is 0 Å². The molecule has 0 saturated carbocycles. The molecule has 1 aliphatic heterocycles. The quantitative estimate of drug-likeness (QED) is 0.775. The largest absolute Gasteiger partial charge is 0.492 e. The first-order valence-electron chi connectivity index (χ1n) is 10.1. The van der Waals surface area contributed by atoms with Crippen LogP contribution in [0.25, 0.3) is 0 Å². The van der Waals surface area contributed by atoms with Crippen molar-refractivity contribution in [3.8, 4) is 5.75 Å². The van der Waals surface area contributed by atoms with Crippen LogP contribution >= 0.6 is 0 Å². The number of hydrogen-bond acceptors (Lipinski definition) is 5. The highest BCUT2D eigenvalue weighted by Crippen LogP contribution is 2.29. The summed E-state index contributed by atoms with van der Waals surface area (Å²) in [6.45, 7) is 9.06. The highest BCUT2D eigenvalue weighted by atomic mass is 16.5. The van der Waals surface area contributed by atoms with Crippen LogP contribution in [0, 0.1) is 5.92 Å². The van der Waals surface area contributed by atoms with Gasteiger partial charge in [-0.1, -0.05) is 26.0 Å². The molecule has 0 bridgehead atoms. The fourth-order valence-corrected chi connectivity index (χ4v) is 3.49. The molecule has 1 atom stereocenters. The molecule has 1 N–H and O–H groups in total. The lowest BCUT2D eigenvalue weighted by atomic mass is 10.0. The molecule has 1 aliphatic rings. The van der Waals surface area contributed by atoms with E-state index in [4.69, 9.17) is 9.15 Å². The van der Waals surface area contributed by atoms with Crippen LogP contribution in [0.3, 0.4) is 0 Å². The maximum Gasteiger partial charge on any atom is 0.287 e. The minimum Gasteiger partial charge on any atom is -0.492 e. The van der Waals surface area contributed by atoms with Crippen LogP contribution in [0.15, 0.2) is 47.1 Å². The van der Waals surface area contributed by atoms with Gasteiger partial charge in [-0.15, -0.1) is 0 Å². The van der Waals surface area contributed by atoms with Crippen molar-refractivity contribution < 1.29 is 18.7 Å². The van der Waals surface area contributed by atoms with Gasteiger partial charge in [0.25, 0.3) is 5.91 Å². The third kappa shape index (κ3) is 4.91. The number of rotatable bonds is 7. The molecule has 1 fully saturated rings. The number of ether oxygens (including phenoxy) is 1. The fourth-order valence-electron chi connectivity index (χ4n) is 3.49. The Labute approximate surface area is 171 Å². The molecule has 1 unspecified atom stereocenters. The molecule has 29 heavy (non-hydrogen) atoms. The van der Waals surface area contributed by atoms with Gasteiger partial charge in [0.05, 0.1) is 18.6 Å². The zero-order chi connectivity index (χ0) is 20.8. The van der Waals surface area contributed by atoms with Crippen LogP contribution in [0.5, 0.6) is 5.75 Å². The van der Waals surface area contributed by atoms with E-state index >= 15 is 0 Å². The molecule has 2 aromatic rings. The van der Waals surface area contributed by atoms with Crippen molar-refractivity contribution in [3.63, 3.8) is 0 Å². The third-order valence-corrected chi connectivity index (χ3v) is 5.06. The molecule has 1 aromatic heterocycles. The minimum atomic E-state index is -0.588. The number of para-hydroxylation sites is 2. The normalized spacial score (nSPS) is 15.3. The molecule has 7 nitrogen and oxygen atoms in total. The van der Waals surface area contributed by atoms with Gasteiger partial charge < -0.3 is 24.3 Å². The van der Waals surface area contributed by atoms with Gasteiger partial charge in [0.2, 0.25) is 5.91 Å². The van der Waals surface area contributed by atoms with Gasteiger partial charge >= 0.3 is 0 Å². The van der Waals surface area contributed by atoms with Crippen LogP contribution in [-0.2, 0) is 4.79 Å². The fraction of sp³-hybridized carbons (Fsp3) is 0.455. The van der Waals surface area contributed by atoms with Crippen LogP contribution in [0.4, 0.5) is 5.69 Å². The van der Waals surface area contributed by atoms with E-state index in [0.29, 0.717) is 32.8 Å². The standard InChI is InChI=1S/C22H29N3O4/c1-4-28-18-9-6-5-8-17(18)24-11-13-25(14-12-24)22(27)20(16(2)3)23-21(26)19-10-7-15-29-19/h5-10,15-16,20H,4,11-14H2,1-3H3,(H,23,26). The Kier molecular flexibility index (Phi) is 6.80. The first-order valence-corrected chi connectivity index (χ1v) is 10.1. The van der Waals surface area contributed by atoms with Gasteiger partial charge in [-0.05, 0) is 37.1 Å². The monoisotopic (exact) mass is 399 g/mol. The molecule has 1 aromatic carbocycles. The maximum atomic E-state index is 13.1. The third-order valence-electron chi connectivity index (χ3n) is 5.06. The first kappa shape index (κ1) is 20.8. The van der Waals surface area contributed by atoms with Gasteiger partial charge in [0, 0.05) is 26.2 Å². The smallest absolute Gasteiger partial charge is 0.287 e. The van der Waals surface area contributed by atoms with E-state index in [0.717, 1.165) is 11.4 Å². The van der Waals surface area contributed by atoms with Crippen molar-refractivity contribution in [2.24, 2.45) is 5.92 Å². The number of furan rings is 1. The molecule has 1 saturated heterocycles. The lowest BCUT2D eigenvalue weighted by Crippen LogP contribution is -2.56. The topological polar surface area (TPSA) is 75.0 Å². The molecule has 0 spiro atoms. The number of nitrogens with zero attached hydrogens (tertiary/aromatic N) is 2. The molecule has 2 amide bonds. The summed E-state index contributed by atoms with van der Waals surface area (Å²) in [6.07, 6.45) is 1.44. The Balaban J connectivity index is 1.63. The summed E-state index contributed by atoms with van der Waals surface area (Å²) in [6, 6.07) is 10.6. The molecule has 0 radical (unpaired) electrons. The Bertz CT molecular complexity index is 811. The van der Waals surface area contributed by atoms with Crippen molar-refractivity contribution in [2.75, 3.05) is 37.7 Å². The van der Waals surface area contributed by atoms with E-state index in [2.05, 4.69) is 10.2 Å². The summed E-state index contributed by atoms with van der Waals surface area (Å²) >= 11 is 0. The van der Waals surface area contributed by atoms with E-state index in [1.165, 1.54) is 6.26 Å². The number of piperazine rings is 1. The second-order valence-electron chi connectivity index (χ2n) is 7.39. The van der Waals surface area contributed by atoms with E-state index in [1.54, 1.807) is 12.1 Å². The van der Waals surface area contributed by atoms with Gasteiger partial charge in [0.1, 0.15) is 11.8 Å². The number of amides is 2. The second-order valence-corrected chi connectivity index (χ2v) is 7.39. The molecule has 3 rings (SSSR count). The predicted molar refractivity (Wildman–Crippen MR) is 111 cm³/mol. The Morgan fingerprint density at radius 3 is 2.45 bits per heavy atom. The van der Waals surface area contributed by atoms with Crippen molar-refractivity contribution in [3.05, 3.63) is 48.4 Å². The molecule has 0 aliphatic carbocycles. The number of carbonyl (C=O) groups excluding carboxylic acids is 2. The van der Waals surface area contributed by atoms with E-state index < -0.39 is 6.04 Å². The summed E-state index contributed by atoms with van der Waals surface area (Å²) in [7, 11) is 0. The lowest BCUT2D eigenvalue weighted by molar-refractivity contribution is -0.134. The number of anilines is 1. The van der Waals surface area contributed by atoms with Crippen LogP contribution < -0.4 is 15.0 Å². The van der Waals surface area contributed by atoms with E-state index in [-0.39, 0.29) is 23.5 Å². The van der Waals surface area contributed by atoms with Gasteiger partial charge in [0.15, 0.2) is 5.76 Å². The van der Waals surface area contributed by atoms with E-state index in [9.17, 15) is 9.59 Å². The molecular weight excluding hydrogens is 370 g/mol. The highest BCUT2D eigenvalue weighted by Gasteiger charge is 2.31. The summed E-state index contributed by atoms with van der Waals surface area (Å²) in [5, 5.41) is 2.83. The summed E-state index contributed by atoms with van der Waals surface area (Å²) in [5.41, 5.74) is 1.05. The Morgan fingerprint density at radius 2 is 1.83 bits per heavy atom. The zero-order valence-corrected chi connectivity index (χ0v) is 17.3. The van der Waals surface area contributed by atoms with E-state index in [1.807, 2.05) is 49.9 Å². The molecular formula is C22H29N3O4. The number of benzene rings is 1.